The number of allylic oxidation sites excluding steroid dienone is 1. The maximum atomic E-state index is 14.5. The highest BCUT2D eigenvalue weighted by Gasteiger charge is 2.16. The number of fused-ring (bicyclic) bond motifs is 1. The number of likely N-dealkylation sites (N-methyl/N-ethyl adjacent to an activating group) is 1. The van der Waals surface area contributed by atoms with Crippen LogP contribution in [0, 0.1) is 11.6 Å². The highest BCUT2D eigenvalue weighted by molar-refractivity contribution is 5.71. The molecule has 6 nitrogen and oxygen atoms in total. The number of benzene rings is 2. The van der Waals surface area contributed by atoms with Crippen LogP contribution in [0.4, 0.5) is 8.78 Å². The van der Waals surface area contributed by atoms with Gasteiger partial charge in [-0.05, 0) is 55.9 Å². The lowest BCUT2D eigenvalue weighted by Gasteiger charge is -2.13. The number of hydrogen-bond acceptors (Lipinski definition) is 5. The molecule has 8 heteroatoms. The van der Waals surface area contributed by atoms with Crippen LogP contribution < -0.4 is 16.0 Å². The number of aromatic nitrogens is 2. The first-order valence-corrected chi connectivity index (χ1v) is 10.2. The Bertz CT molecular complexity index is 1230. The summed E-state index contributed by atoms with van der Waals surface area (Å²) in [5.74, 6) is -2.06. The summed E-state index contributed by atoms with van der Waals surface area (Å²) in [6.07, 6.45) is 2.75. The molecule has 0 bridgehead atoms. The lowest BCUT2D eigenvalue weighted by atomic mass is 10.1. The Hall–Kier alpha value is -3.52. The Morgan fingerprint density at radius 1 is 1.12 bits per heavy atom. The first kappa shape index (κ1) is 24.1. The molecule has 0 atom stereocenters. The van der Waals surface area contributed by atoms with Crippen molar-refractivity contribution in [2.75, 3.05) is 27.2 Å². The minimum absolute atomic E-state index is 0. The normalized spacial score (nSPS) is 12.3. The van der Waals surface area contributed by atoms with Crippen LogP contribution in [-0.2, 0) is 13.0 Å². The van der Waals surface area contributed by atoms with Gasteiger partial charge in [0.1, 0.15) is 6.61 Å². The van der Waals surface area contributed by atoms with Crippen LogP contribution >= 0.6 is 0 Å². The summed E-state index contributed by atoms with van der Waals surface area (Å²) in [6, 6.07) is 10.9. The van der Waals surface area contributed by atoms with Crippen LogP contribution in [0.3, 0.4) is 0 Å². The van der Waals surface area contributed by atoms with Gasteiger partial charge in [0.05, 0.1) is 12.2 Å². The molecular formula is C25H28F2N4O2. The van der Waals surface area contributed by atoms with Gasteiger partial charge in [-0.15, -0.1) is 0 Å². The fourth-order valence-corrected chi connectivity index (χ4v) is 3.56. The molecule has 1 aliphatic carbocycles. The fourth-order valence-electron chi connectivity index (χ4n) is 3.56. The van der Waals surface area contributed by atoms with Gasteiger partial charge in [0, 0.05) is 29.4 Å². The van der Waals surface area contributed by atoms with E-state index in [-0.39, 0.29) is 37.4 Å². The molecule has 1 aliphatic rings. The first-order valence-electron chi connectivity index (χ1n) is 10.2. The van der Waals surface area contributed by atoms with Crippen molar-refractivity contribution in [3.8, 4) is 17.0 Å². The number of nitrogens with zero attached hydrogens (tertiary/aromatic N) is 3. The van der Waals surface area contributed by atoms with Crippen molar-refractivity contribution in [1.29, 1.82) is 0 Å². The number of ether oxygens (including phenoxy) is 1. The van der Waals surface area contributed by atoms with Crippen LogP contribution in [0.15, 0.2) is 53.3 Å². The lowest BCUT2D eigenvalue weighted by Crippen LogP contribution is -2.23. The largest absolute Gasteiger partial charge is 0.486 e. The molecule has 3 aromatic rings. The summed E-state index contributed by atoms with van der Waals surface area (Å²) >= 11 is 0. The third kappa shape index (κ3) is 5.28. The van der Waals surface area contributed by atoms with Crippen LogP contribution in [0.1, 0.15) is 24.1 Å². The molecule has 174 valence electrons. The molecule has 2 N–H and O–H groups in total. The van der Waals surface area contributed by atoms with E-state index in [4.69, 9.17) is 10.5 Å². The van der Waals surface area contributed by atoms with E-state index in [1.165, 1.54) is 16.8 Å². The maximum absolute atomic E-state index is 14.5. The Morgan fingerprint density at radius 2 is 1.85 bits per heavy atom. The minimum Gasteiger partial charge on any atom is -0.486 e. The minimum atomic E-state index is -0.820. The Balaban J connectivity index is 0.00000306. The van der Waals surface area contributed by atoms with E-state index < -0.39 is 17.4 Å². The first-order chi connectivity index (χ1) is 15.3. The average Bonchev–Trinajstić information content (AvgIpc) is 3.11. The molecule has 0 radical (unpaired) electrons. The van der Waals surface area contributed by atoms with Crippen molar-refractivity contribution in [1.82, 2.24) is 14.7 Å². The predicted octanol–water partition coefficient (Wildman–Crippen LogP) is 3.67. The smallest absolute Gasteiger partial charge is 0.267 e. The van der Waals surface area contributed by atoms with Gasteiger partial charge in [0.2, 0.25) is 0 Å². The van der Waals surface area contributed by atoms with Crippen molar-refractivity contribution in [2.24, 2.45) is 5.73 Å². The van der Waals surface area contributed by atoms with Gasteiger partial charge in [0.15, 0.2) is 17.4 Å². The van der Waals surface area contributed by atoms with Crippen molar-refractivity contribution in [3.05, 3.63) is 87.2 Å². The van der Waals surface area contributed by atoms with Gasteiger partial charge >= 0.3 is 0 Å². The standard InChI is InChI=1S/C24H24F2N4O2.CH4/c1-29(2)9-10-32-24-19(25)12-17(13-20(24)26)22-7-8-23(31)30(28-22)14-15-3-4-16-5-6-21(27)18(16)11-15;/h3-4,6-8,11-13H,5,9-10,14,27H2,1-2H3;1H4. The SMILES string of the molecule is C.CN(C)CCOc1c(F)cc(-c2ccc(=O)n(Cc3ccc4c(c3)C(N)=CC4)n2)cc1F. The van der Waals surface area contributed by atoms with E-state index in [9.17, 15) is 13.6 Å². The van der Waals surface area contributed by atoms with Gasteiger partial charge in [-0.1, -0.05) is 25.6 Å². The Labute approximate surface area is 191 Å². The third-order valence-corrected chi connectivity index (χ3v) is 5.31. The Kier molecular flexibility index (Phi) is 7.28. The van der Waals surface area contributed by atoms with Gasteiger partial charge in [-0.3, -0.25) is 4.79 Å². The topological polar surface area (TPSA) is 73.4 Å². The average molecular weight is 455 g/mol. The van der Waals surface area contributed by atoms with Crippen LogP contribution in [-0.4, -0.2) is 41.9 Å². The van der Waals surface area contributed by atoms with Gasteiger partial charge in [-0.25, -0.2) is 13.5 Å². The molecular weight excluding hydrogens is 426 g/mol. The molecule has 0 unspecified atom stereocenters. The molecule has 0 saturated heterocycles. The molecule has 4 rings (SSSR count). The van der Waals surface area contributed by atoms with Crippen molar-refractivity contribution in [3.63, 3.8) is 0 Å². The van der Waals surface area contributed by atoms with Crippen molar-refractivity contribution < 1.29 is 13.5 Å². The highest BCUT2D eigenvalue weighted by atomic mass is 19.1. The summed E-state index contributed by atoms with van der Waals surface area (Å²) in [4.78, 5) is 14.2. The van der Waals surface area contributed by atoms with Gasteiger partial charge in [0.25, 0.3) is 5.56 Å². The van der Waals surface area contributed by atoms with E-state index in [1.54, 1.807) is 0 Å². The van der Waals surface area contributed by atoms with Crippen LogP contribution in [0.25, 0.3) is 17.0 Å². The van der Waals surface area contributed by atoms with E-state index in [0.717, 1.165) is 40.9 Å². The molecule has 0 aliphatic heterocycles. The van der Waals surface area contributed by atoms with E-state index in [2.05, 4.69) is 5.10 Å². The van der Waals surface area contributed by atoms with E-state index >= 15 is 0 Å². The van der Waals surface area contributed by atoms with Gasteiger partial charge in [-0.2, -0.15) is 5.10 Å². The maximum Gasteiger partial charge on any atom is 0.267 e. The summed E-state index contributed by atoms with van der Waals surface area (Å²) in [5, 5.41) is 4.33. The zero-order valence-electron chi connectivity index (χ0n) is 17.9. The second-order valence-electron chi connectivity index (χ2n) is 7.99. The second-order valence-corrected chi connectivity index (χ2v) is 7.99. The second kappa shape index (κ2) is 9.95. The molecule has 1 heterocycles. The monoisotopic (exact) mass is 454 g/mol. The van der Waals surface area contributed by atoms with E-state index in [1.807, 2.05) is 43.3 Å². The molecule has 0 spiro atoms. The predicted molar refractivity (Wildman–Crippen MR) is 126 cm³/mol. The quantitative estimate of drug-likeness (QED) is 0.590. The number of rotatable bonds is 7. The molecule has 33 heavy (non-hydrogen) atoms. The van der Waals surface area contributed by atoms with Crippen molar-refractivity contribution in [2.45, 2.75) is 20.4 Å². The third-order valence-electron chi connectivity index (χ3n) is 5.31. The van der Waals surface area contributed by atoms with Gasteiger partial charge < -0.3 is 15.4 Å². The zero-order chi connectivity index (χ0) is 22.8. The van der Waals surface area contributed by atoms with Crippen molar-refractivity contribution >= 4 is 5.70 Å². The lowest BCUT2D eigenvalue weighted by molar-refractivity contribution is 0.242. The number of halogens is 2. The summed E-state index contributed by atoms with van der Waals surface area (Å²) in [5.41, 5.74) is 9.87. The van der Waals surface area contributed by atoms with Crippen LogP contribution in [0.5, 0.6) is 5.75 Å². The molecule has 2 aromatic carbocycles. The Morgan fingerprint density at radius 3 is 2.55 bits per heavy atom. The molecule has 0 saturated carbocycles. The fraction of sp³-hybridized carbons (Fsp3) is 0.280. The summed E-state index contributed by atoms with van der Waals surface area (Å²) < 4.78 is 35.6. The van der Waals surface area contributed by atoms with E-state index in [0.29, 0.717) is 6.54 Å². The highest BCUT2D eigenvalue weighted by Crippen LogP contribution is 2.28. The molecule has 1 aromatic heterocycles. The molecule has 0 amide bonds. The zero-order valence-corrected chi connectivity index (χ0v) is 17.9. The molecule has 0 fully saturated rings. The summed E-state index contributed by atoms with van der Waals surface area (Å²) in [7, 11) is 3.68. The summed E-state index contributed by atoms with van der Waals surface area (Å²) in [6.45, 7) is 0.894. The number of nitrogens with two attached hydrogens (primary N) is 1. The van der Waals surface area contributed by atoms with Crippen LogP contribution in [0.2, 0.25) is 0 Å². The number of hydrogen-bond donors (Lipinski definition) is 1.